The lowest BCUT2D eigenvalue weighted by atomic mass is 10.2. The summed E-state index contributed by atoms with van der Waals surface area (Å²) in [6.07, 6.45) is 0. The van der Waals surface area contributed by atoms with Crippen molar-refractivity contribution in [3.8, 4) is 0 Å². The SMILES string of the molecule is Cc1ccc(S(=O)(=O)c2ccc(Br)cc2)cc1S(=O)(=O)Cl. The molecule has 8 heteroatoms. The van der Waals surface area contributed by atoms with Crippen molar-refractivity contribution in [3.63, 3.8) is 0 Å². The summed E-state index contributed by atoms with van der Waals surface area (Å²) in [7, 11) is -2.48. The Balaban J connectivity index is 2.64. The average molecular weight is 410 g/mol. The van der Waals surface area contributed by atoms with Crippen LogP contribution in [0.25, 0.3) is 0 Å². The molecule has 0 unspecified atom stereocenters. The summed E-state index contributed by atoms with van der Waals surface area (Å²) in [4.78, 5) is -0.246. The second-order valence-electron chi connectivity index (χ2n) is 4.32. The van der Waals surface area contributed by atoms with Gasteiger partial charge < -0.3 is 0 Å². The van der Waals surface area contributed by atoms with Gasteiger partial charge in [0.25, 0.3) is 9.05 Å². The zero-order valence-corrected chi connectivity index (χ0v) is 14.7. The molecule has 2 aromatic carbocycles. The van der Waals surface area contributed by atoms with E-state index in [1.54, 1.807) is 19.1 Å². The van der Waals surface area contributed by atoms with E-state index in [2.05, 4.69) is 15.9 Å². The molecule has 0 amide bonds. The Hall–Kier alpha value is -0.890. The fourth-order valence-corrected chi connectivity index (χ4v) is 4.60. The summed E-state index contributed by atoms with van der Waals surface area (Å²) in [5.74, 6) is 0. The van der Waals surface area contributed by atoms with Crippen LogP contribution in [0.4, 0.5) is 0 Å². The van der Waals surface area contributed by atoms with E-state index < -0.39 is 18.9 Å². The van der Waals surface area contributed by atoms with E-state index in [-0.39, 0.29) is 14.7 Å². The Kier molecular flexibility index (Phi) is 4.49. The van der Waals surface area contributed by atoms with Crippen LogP contribution in [0.2, 0.25) is 0 Å². The summed E-state index contributed by atoms with van der Waals surface area (Å²) in [5, 5.41) is 0. The number of benzene rings is 2. The topological polar surface area (TPSA) is 68.3 Å². The highest BCUT2D eigenvalue weighted by Gasteiger charge is 2.22. The van der Waals surface area contributed by atoms with Gasteiger partial charge in [0, 0.05) is 15.2 Å². The maximum absolute atomic E-state index is 12.5. The molecule has 0 saturated carbocycles. The summed E-state index contributed by atoms with van der Waals surface area (Å²) in [5.41, 5.74) is 0.389. The molecule has 112 valence electrons. The van der Waals surface area contributed by atoms with Gasteiger partial charge in [-0.15, -0.1) is 0 Å². The number of hydrogen-bond donors (Lipinski definition) is 0. The van der Waals surface area contributed by atoms with Gasteiger partial charge in [-0.25, -0.2) is 16.8 Å². The average Bonchev–Trinajstić information content (AvgIpc) is 2.38. The van der Waals surface area contributed by atoms with Crippen molar-refractivity contribution in [1.29, 1.82) is 0 Å². The highest BCUT2D eigenvalue weighted by Crippen LogP contribution is 2.27. The van der Waals surface area contributed by atoms with Gasteiger partial charge in [0.15, 0.2) is 0 Å². The standard InChI is InChI=1S/C13H10BrClO4S2/c1-9-2-5-12(8-13(9)21(15,18)19)20(16,17)11-6-3-10(14)4-7-11/h2-8H,1H3. The molecule has 0 heterocycles. The van der Waals surface area contributed by atoms with Crippen molar-refractivity contribution in [2.24, 2.45) is 0 Å². The molecule has 0 spiro atoms. The quantitative estimate of drug-likeness (QED) is 0.727. The molecule has 0 aliphatic rings. The first-order valence-electron chi connectivity index (χ1n) is 5.68. The van der Waals surface area contributed by atoms with Crippen molar-refractivity contribution in [2.45, 2.75) is 21.6 Å². The summed E-state index contributed by atoms with van der Waals surface area (Å²) in [6.45, 7) is 1.55. The third-order valence-corrected chi connectivity index (χ3v) is 6.62. The zero-order chi connectivity index (χ0) is 15.8. The van der Waals surface area contributed by atoms with Crippen LogP contribution in [-0.4, -0.2) is 16.8 Å². The van der Waals surface area contributed by atoms with E-state index in [0.717, 1.165) is 10.5 Å². The minimum atomic E-state index is -4.00. The van der Waals surface area contributed by atoms with Crippen LogP contribution < -0.4 is 0 Å². The summed E-state index contributed by atoms with van der Waals surface area (Å²) in [6, 6.07) is 9.93. The van der Waals surface area contributed by atoms with Gasteiger partial charge in [0.05, 0.1) is 14.7 Å². The Morgan fingerprint density at radius 1 is 0.905 bits per heavy atom. The molecular formula is C13H10BrClO4S2. The van der Waals surface area contributed by atoms with Gasteiger partial charge in [-0.2, -0.15) is 0 Å². The second-order valence-corrected chi connectivity index (χ2v) is 9.72. The molecule has 2 rings (SSSR count). The monoisotopic (exact) mass is 408 g/mol. The van der Waals surface area contributed by atoms with E-state index in [1.165, 1.54) is 24.3 Å². The van der Waals surface area contributed by atoms with E-state index in [0.29, 0.717) is 5.56 Å². The molecule has 21 heavy (non-hydrogen) atoms. The van der Waals surface area contributed by atoms with E-state index >= 15 is 0 Å². The lowest BCUT2D eigenvalue weighted by Gasteiger charge is -2.08. The Morgan fingerprint density at radius 3 is 1.95 bits per heavy atom. The van der Waals surface area contributed by atoms with Crippen LogP contribution in [0.5, 0.6) is 0 Å². The Bertz CT molecular complexity index is 888. The van der Waals surface area contributed by atoms with Crippen molar-refractivity contribution in [1.82, 2.24) is 0 Å². The van der Waals surface area contributed by atoms with Crippen LogP contribution in [0, 0.1) is 6.92 Å². The summed E-state index contributed by atoms with van der Waals surface area (Å²) < 4.78 is 48.7. The number of halogens is 2. The maximum Gasteiger partial charge on any atom is 0.261 e. The first kappa shape index (κ1) is 16.5. The van der Waals surface area contributed by atoms with Crippen LogP contribution in [0.3, 0.4) is 0 Å². The van der Waals surface area contributed by atoms with Gasteiger partial charge in [-0.05, 0) is 48.9 Å². The van der Waals surface area contributed by atoms with Gasteiger partial charge in [0.2, 0.25) is 9.84 Å². The predicted octanol–water partition coefficient (Wildman–Crippen LogP) is 3.52. The van der Waals surface area contributed by atoms with Crippen molar-refractivity contribution in [3.05, 3.63) is 52.5 Å². The Morgan fingerprint density at radius 2 is 1.43 bits per heavy atom. The third-order valence-electron chi connectivity index (χ3n) is 2.86. The molecule has 0 aliphatic heterocycles. The normalized spacial score (nSPS) is 12.3. The van der Waals surface area contributed by atoms with E-state index in [1.807, 2.05) is 0 Å². The highest BCUT2D eigenvalue weighted by molar-refractivity contribution is 9.10. The smallest absolute Gasteiger partial charge is 0.219 e. The molecule has 0 aromatic heterocycles. The number of sulfone groups is 1. The van der Waals surface area contributed by atoms with Gasteiger partial charge >= 0.3 is 0 Å². The highest BCUT2D eigenvalue weighted by atomic mass is 79.9. The van der Waals surface area contributed by atoms with Crippen LogP contribution in [-0.2, 0) is 18.9 Å². The van der Waals surface area contributed by atoms with E-state index in [4.69, 9.17) is 10.7 Å². The summed E-state index contributed by atoms with van der Waals surface area (Å²) >= 11 is 3.22. The van der Waals surface area contributed by atoms with Crippen molar-refractivity contribution >= 4 is 45.5 Å². The van der Waals surface area contributed by atoms with Crippen molar-refractivity contribution in [2.75, 3.05) is 0 Å². The first-order valence-corrected chi connectivity index (χ1v) is 10.3. The maximum atomic E-state index is 12.5. The fraction of sp³-hybridized carbons (Fsp3) is 0.0769. The molecule has 4 nitrogen and oxygen atoms in total. The molecule has 0 saturated heterocycles. The molecule has 0 atom stereocenters. The Labute approximate surface area is 136 Å². The molecule has 0 radical (unpaired) electrons. The zero-order valence-electron chi connectivity index (χ0n) is 10.7. The number of hydrogen-bond acceptors (Lipinski definition) is 4. The van der Waals surface area contributed by atoms with Gasteiger partial charge in [-0.1, -0.05) is 22.0 Å². The molecular weight excluding hydrogens is 400 g/mol. The minimum absolute atomic E-state index is 0.0764. The number of rotatable bonds is 3. The molecule has 0 aliphatic carbocycles. The third kappa shape index (κ3) is 3.48. The predicted molar refractivity (Wildman–Crippen MR) is 83.8 cm³/mol. The lowest BCUT2D eigenvalue weighted by molar-refractivity contribution is 0.595. The molecule has 0 N–H and O–H groups in total. The first-order chi connectivity index (χ1) is 9.62. The largest absolute Gasteiger partial charge is 0.261 e. The van der Waals surface area contributed by atoms with Crippen molar-refractivity contribution < 1.29 is 16.8 Å². The van der Waals surface area contributed by atoms with Crippen LogP contribution in [0.1, 0.15) is 5.56 Å². The lowest BCUT2D eigenvalue weighted by Crippen LogP contribution is -2.04. The molecule has 0 fully saturated rings. The van der Waals surface area contributed by atoms with Crippen LogP contribution >= 0.6 is 26.6 Å². The van der Waals surface area contributed by atoms with Crippen LogP contribution in [0.15, 0.2) is 61.6 Å². The number of aryl methyl sites for hydroxylation is 1. The second kappa shape index (κ2) is 5.72. The molecule has 0 bridgehead atoms. The van der Waals surface area contributed by atoms with E-state index in [9.17, 15) is 16.8 Å². The fourth-order valence-electron chi connectivity index (χ4n) is 1.76. The molecule has 2 aromatic rings. The van der Waals surface area contributed by atoms with Gasteiger partial charge in [0.1, 0.15) is 0 Å². The van der Waals surface area contributed by atoms with Gasteiger partial charge in [-0.3, -0.25) is 0 Å². The minimum Gasteiger partial charge on any atom is -0.219 e.